The third-order valence-electron chi connectivity index (χ3n) is 1.72. The largest absolute Gasteiger partial charge is 0.348 e. The van der Waals surface area contributed by atoms with E-state index in [-0.39, 0.29) is 24.4 Å². The van der Waals surface area contributed by atoms with Crippen molar-refractivity contribution >= 4 is 34.2 Å². The van der Waals surface area contributed by atoms with Gasteiger partial charge in [0.25, 0.3) is 5.91 Å². The van der Waals surface area contributed by atoms with Crippen molar-refractivity contribution in [1.82, 2.24) is 10.3 Å². The van der Waals surface area contributed by atoms with Crippen molar-refractivity contribution in [3.63, 3.8) is 0 Å². The number of carbonyl (C=O) groups is 1. The standard InChI is InChI=1S/C9H12BrN3O.ClH/c1-6(4-11)13-9(14)7-2-3-8(10)12-5-7;/h2-3,5-6H,4,11H2,1H3,(H,13,14);1H/t6-;/m0./s1. The first-order chi connectivity index (χ1) is 6.63. The van der Waals surface area contributed by atoms with Crippen LogP contribution >= 0.6 is 28.3 Å². The number of rotatable bonds is 3. The summed E-state index contributed by atoms with van der Waals surface area (Å²) in [5.41, 5.74) is 5.92. The van der Waals surface area contributed by atoms with E-state index in [1.807, 2.05) is 6.92 Å². The summed E-state index contributed by atoms with van der Waals surface area (Å²) in [6.45, 7) is 2.28. The second kappa shape index (κ2) is 6.76. The van der Waals surface area contributed by atoms with E-state index in [0.717, 1.165) is 0 Å². The Morgan fingerprint density at radius 1 is 1.67 bits per heavy atom. The number of hydrogen-bond acceptors (Lipinski definition) is 3. The Bertz CT molecular complexity index is 318. The Morgan fingerprint density at radius 2 is 2.33 bits per heavy atom. The van der Waals surface area contributed by atoms with E-state index < -0.39 is 0 Å². The third-order valence-corrected chi connectivity index (χ3v) is 2.19. The molecule has 6 heteroatoms. The van der Waals surface area contributed by atoms with Crippen molar-refractivity contribution in [2.24, 2.45) is 5.73 Å². The Kier molecular flexibility index (Phi) is 6.47. The third kappa shape index (κ3) is 4.59. The summed E-state index contributed by atoms with van der Waals surface area (Å²) in [7, 11) is 0. The van der Waals surface area contributed by atoms with E-state index in [4.69, 9.17) is 5.73 Å². The highest BCUT2D eigenvalue weighted by Gasteiger charge is 2.08. The highest BCUT2D eigenvalue weighted by Crippen LogP contribution is 2.06. The minimum Gasteiger partial charge on any atom is -0.348 e. The smallest absolute Gasteiger partial charge is 0.253 e. The van der Waals surface area contributed by atoms with Crippen LogP contribution in [0.3, 0.4) is 0 Å². The molecule has 4 nitrogen and oxygen atoms in total. The van der Waals surface area contributed by atoms with Crippen LogP contribution in [0, 0.1) is 0 Å². The monoisotopic (exact) mass is 293 g/mol. The van der Waals surface area contributed by atoms with E-state index in [2.05, 4.69) is 26.2 Å². The maximum atomic E-state index is 11.5. The van der Waals surface area contributed by atoms with Crippen molar-refractivity contribution in [2.45, 2.75) is 13.0 Å². The van der Waals surface area contributed by atoms with Gasteiger partial charge in [-0.3, -0.25) is 4.79 Å². The zero-order valence-electron chi connectivity index (χ0n) is 8.24. The zero-order chi connectivity index (χ0) is 10.6. The van der Waals surface area contributed by atoms with Gasteiger partial charge in [-0.25, -0.2) is 4.98 Å². The van der Waals surface area contributed by atoms with E-state index in [0.29, 0.717) is 16.7 Å². The molecule has 1 rings (SSSR count). The molecule has 0 aliphatic carbocycles. The fourth-order valence-electron chi connectivity index (χ4n) is 0.876. The normalized spacial score (nSPS) is 11.4. The molecule has 15 heavy (non-hydrogen) atoms. The molecular formula is C9H13BrClN3O. The molecule has 0 spiro atoms. The van der Waals surface area contributed by atoms with Gasteiger partial charge in [0.1, 0.15) is 4.60 Å². The molecular weight excluding hydrogens is 281 g/mol. The molecule has 0 saturated heterocycles. The quantitative estimate of drug-likeness (QED) is 0.827. The Hall–Kier alpha value is -0.650. The second-order valence-corrected chi connectivity index (χ2v) is 3.79. The van der Waals surface area contributed by atoms with Gasteiger partial charge in [0, 0.05) is 18.8 Å². The topological polar surface area (TPSA) is 68.0 Å². The van der Waals surface area contributed by atoms with Gasteiger partial charge in [0.2, 0.25) is 0 Å². The first kappa shape index (κ1) is 14.3. The summed E-state index contributed by atoms with van der Waals surface area (Å²) in [5, 5.41) is 2.75. The van der Waals surface area contributed by atoms with Gasteiger partial charge < -0.3 is 11.1 Å². The lowest BCUT2D eigenvalue weighted by Gasteiger charge is -2.10. The van der Waals surface area contributed by atoms with Gasteiger partial charge in [0.05, 0.1) is 5.56 Å². The molecule has 0 aromatic carbocycles. The summed E-state index contributed by atoms with van der Waals surface area (Å²) >= 11 is 3.20. The minimum absolute atomic E-state index is 0. The lowest BCUT2D eigenvalue weighted by Crippen LogP contribution is -2.37. The SMILES string of the molecule is C[C@@H](CN)NC(=O)c1ccc(Br)nc1.Cl. The van der Waals surface area contributed by atoms with Crippen molar-refractivity contribution in [1.29, 1.82) is 0 Å². The highest BCUT2D eigenvalue weighted by atomic mass is 79.9. The molecule has 0 radical (unpaired) electrons. The minimum atomic E-state index is -0.150. The van der Waals surface area contributed by atoms with Crippen LogP contribution in [0.25, 0.3) is 0 Å². The number of nitrogens with one attached hydrogen (secondary N) is 1. The fraction of sp³-hybridized carbons (Fsp3) is 0.333. The summed E-state index contributed by atoms with van der Waals surface area (Å²) < 4.78 is 0.709. The lowest BCUT2D eigenvalue weighted by molar-refractivity contribution is 0.0941. The Morgan fingerprint density at radius 3 is 2.80 bits per heavy atom. The molecule has 1 atom stereocenters. The Labute approximate surface area is 103 Å². The average Bonchev–Trinajstić information content (AvgIpc) is 2.18. The number of nitrogens with zero attached hydrogens (tertiary/aromatic N) is 1. The summed E-state index contributed by atoms with van der Waals surface area (Å²) in [6.07, 6.45) is 1.52. The highest BCUT2D eigenvalue weighted by molar-refractivity contribution is 9.10. The number of pyridine rings is 1. The Balaban J connectivity index is 0.00000196. The van der Waals surface area contributed by atoms with Gasteiger partial charge >= 0.3 is 0 Å². The van der Waals surface area contributed by atoms with E-state index >= 15 is 0 Å². The number of nitrogens with two attached hydrogens (primary N) is 1. The number of aromatic nitrogens is 1. The van der Waals surface area contributed by atoms with Crippen LogP contribution in [0.2, 0.25) is 0 Å². The second-order valence-electron chi connectivity index (χ2n) is 2.98. The molecule has 3 N–H and O–H groups in total. The predicted molar refractivity (Wildman–Crippen MR) is 65.2 cm³/mol. The van der Waals surface area contributed by atoms with Gasteiger partial charge in [-0.2, -0.15) is 0 Å². The van der Waals surface area contributed by atoms with Crippen LogP contribution < -0.4 is 11.1 Å². The maximum absolute atomic E-state index is 11.5. The van der Waals surface area contributed by atoms with E-state index in [9.17, 15) is 4.79 Å². The van der Waals surface area contributed by atoms with Crippen LogP contribution in [-0.2, 0) is 0 Å². The number of halogens is 2. The first-order valence-corrected chi connectivity index (χ1v) is 5.05. The van der Waals surface area contributed by atoms with Gasteiger partial charge in [-0.15, -0.1) is 12.4 Å². The van der Waals surface area contributed by atoms with Gasteiger partial charge in [-0.05, 0) is 35.0 Å². The summed E-state index contributed by atoms with van der Waals surface area (Å²) in [4.78, 5) is 15.5. The average molecular weight is 295 g/mol. The summed E-state index contributed by atoms with van der Waals surface area (Å²) in [6, 6.07) is 3.41. The summed E-state index contributed by atoms with van der Waals surface area (Å²) in [5.74, 6) is -0.150. The molecule has 84 valence electrons. The molecule has 0 aliphatic rings. The number of carbonyl (C=O) groups excluding carboxylic acids is 1. The molecule has 1 heterocycles. The van der Waals surface area contributed by atoms with Crippen molar-refractivity contribution < 1.29 is 4.79 Å². The van der Waals surface area contributed by atoms with Gasteiger partial charge in [0.15, 0.2) is 0 Å². The van der Waals surface area contributed by atoms with Crippen LogP contribution in [0.5, 0.6) is 0 Å². The zero-order valence-corrected chi connectivity index (χ0v) is 10.6. The molecule has 1 aromatic rings. The molecule has 0 unspecified atom stereocenters. The molecule has 1 amide bonds. The molecule has 0 aliphatic heterocycles. The molecule has 0 bridgehead atoms. The van der Waals surface area contributed by atoms with Gasteiger partial charge in [-0.1, -0.05) is 0 Å². The number of amides is 1. The fourth-order valence-corrected chi connectivity index (χ4v) is 1.11. The van der Waals surface area contributed by atoms with Crippen molar-refractivity contribution in [3.8, 4) is 0 Å². The predicted octanol–water partition coefficient (Wildman–Crippen LogP) is 1.34. The lowest BCUT2D eigenvalue weighted by atomic mass is 10.2. The van der Waals surface area contributed by atoms with Crippen molar-refractivity contribution in [3.05, 3.63) is 28.5 Å². The van der Waals surface area contributed by atoms with Crippen LogP contribution in [0.1, 0.15) is 17.3 Å². The maximum Gasteiger partial charge on any atom is 0.253 e. The van der Waals surface area contributed by atoms with E-state index in [1.54, 1.807) is 12.1 Å². The van der Waals surface area contributed by atoms with Crippen LogP contribution in [0.4, 0.5) is 0 Å². The van der Waals surface area contributed by atoms with Crippen LogP contribution in [-0.4, -0.2) is 23.5 Å². The molecule has 0 saturated carbocycles. The van der Waals surface area contributed by atoms with Crippen LogP contribution in [0.15, 0.2) is 22.9 Å². The van der Waals surface area contributed by atoms with Crippen molar-refractivity contribution in [2.75, 3.05) is 6.54 Å². The number of hydrogen-bond donors (Lipinski definition) is 2. The first-order valence-electron chi connectivity index (χ1n) is 4.26. The molecule has 1 aromatic heterocycles. The molecule has 0 fully saturated rings. The van der Waals surface area contributed by atoms with E-state index in [1.165, 1.54) is 6.20 Å².